The molecule has 1 atom stereocenters. The molecule has 0 unspecified atom stereocenters. The van der Waals surface area contributed by atoms with E-state index in [-0.39, 0.29) is 5.75 Å². The lowest BCUT2D eigenvalue weighted by Gasteiger charge is -2.30. The van der Waals surface area contributed by atoms with Gasteiger partial charge in [-0.1, -0.05) is 18.2 Å². The van der Waals surface area contributed by atoms with Crippen LogP contribution in [0.25, 0.3) is 0 Å². The van der Waals surface area contributed by atoms with Gasteiger partial charge in [-0.3, -0.25) is 23.5 Å². The van der Waals surface area contributed by atoms with Crippen LogP contribution in [0.1, 0.15) is 5.56 Å². The Morgan fingerprint density at radius 2 is 1.76 bits per heavy atom. The molecule has 2 amide bonds. The fourth-order valence-corrected chi connectivity index (χ4v) is 3.01. The van der Waals surface area contributed by atoms with Crippen molar-refractivity contribution in [1.29, 1.82) is 0 Å². The van der Waals surface area contributed by atoms with Crippen molar-refractivity contribution in [2.75, 3.05) is 11.9 Å². The van der Waals surface area contributed by atoms with Crippen molar-refractivity contribution in [3.05, 3.63) is 56.7 Å². The number of halogens is 3. The molecule has 0 aliphatic carbocycles. The summed E-state index contributed by atoms with van der Waals surface area (Å²) in [5.74, 6) is -3.40. The number of rotatable bonds is 4. The standard InChI is InChI=1S/C17H15F3N4O5/c1-23-12-11(13(26)24(2)15(23)28)16(14(27)21-12,17(18,19)20)22-10(25)8-29-9-6-4-3-5-7-9/h3-7H,8H2,1-2H3,(H,21,27)(H,22,25)/t16-/m1/s1. The Labute approximate surface area is 160 Å². The van der Waals surface area contributed by atoms with Gasteiger partial charge in [0.25, 0.3) is 17.4 Å². The fourth-order valence-electron chi connectivity index (χ4n) is 3.01. The van der Waals surface area contributed by atoms with Crippen molar-refractivity contribution in [1.82, 2.24) is 14.5 Å². The number of hydrogen-bond donors (Lipinski definition) is 2. The van der Waals surface area contributed by atoms with E-state index in [2.05, 4.69) is 0 Å². The molecule has 9 nitrogen and oxygen atoms in total. The topological polar surface area (TPSA) is 111 Å². The molecule has 0 spiro atoms. The molecule has 2 N–H and O–H groups in total. The molecule has 12 heteroatoms. The molecule has 0 radical (unpaired) electrons. The van der Waals surface area contributed by atoms with Gasteiger partial charge in [-0.25, -0.2) is 4.79 Å². The van der Waals surface area contributed by atoms with Crippen LogP contribution >= 0.6 is 0 Å². The first-order valence-corrected chi connectivity index (χ1v) is 8.18. The van der Waals surface area contributed by atoms with Gasteiger partial charge in [-0.2, -0.15) is 13.2 Å². The van der Waals surface area contributed by atoms with Crippen LogP contribution in [0.15, 0.2) is 39.9 Å². The van der Waals surface area contributed by atoms with Gasteiger partial charge in [0.2, 0.25) is 5.54 Å². The molecule has 0 fully saturated rings. The highest BCUT2D eigenvalue weighted by molar-refractivity contribution is 6.07. The van der Waals surface area contributed by atoms with Crippen LogP contribution in [0.3, 0.4) is 0 Å². The average Bonchev–Trinajstić information content (AvgIpc) is 2.97. The van der Waals surface area contributed by atoms with Crippen LogP contribution < -0.4 is 26.6 Å². The number of benzene rings is 1. The first-order chi connectivity index (χ1) is 13.5. The number of nitrogens with one attached hydrogen (secondary N) is 2. The van der Waals surface area contributed by atoms with Crippen LogP contribution in [0.4, 0.5) is 19.0 Å². The van der Waals surface area contributed by atoms with Crippen molar-refractivity contribution in [2.45, 2.75) is 11.7 Å². The number of anilines is 1. The van der Waals surface area contributed by atoms with E-state index in [0.717, 1.165) is 14.1 Å². The summed E-state index contributed by atoms with van der Waals surface area (Å²) in [4.78, 5) is 49.1. The second kappa shape index (κ2) is 6.79. The minimum Gasteiger partial charge on any atom is -0.484 e. The summed E-state index contributed by atoms with van der Waals surface area (Å²) in [6.45, 7) is -0.837. The Hall–Kier alpha value is -3.57. The molecule has 1 aromatic carbocycles. The predicted octanol–water partition coefficient (Wildman–Crippen LogP) is -0.0111. The van der Waals surface area contributed by atoms with Crippen LogP contribution in [0.2, 0.25) is 0 Å². The molecule has 0 saturated carbocycles. The number of hydrogen-bond acceptors (Lipinski definition) is 5. The molecule has 2 heterocycles. The molecular formula is C17H15F3N4O5. The van der Waals surface area contributed by atoms with Crippen molar-refractivity contribution < 1.29 is 27.5 Å². The van der Waals surface area contributed by atoms with Crippen LogP contribution in [-0.2, 0) is 29.2 Å². The minimum absolute atomic E-state index is 0.221. The number of ether oxygens (including phenoxy) is 1. The highest BCUT2D eigenvalue weighted by Crippen LogP contribution is 2.44. The zero-order chi connectivity index (χ0) is 21.6. The molecule has 1 aromatic heterocycles. The first kappa shape index (κ1) is 20.2. The molecule has 3 rings (SSSR count). The summed E-state index contributed by atoms with van der Waals surface area (Å²) in [6, 6.07) is 7.82. The van der Waals surface area contributed by atoms with E-state index >= 15 is 0 Å². The maximum absolute atomic E-state index is 14.1. The Bertz CT molecular complexity index is 1110. The molecule has 1 aliphatic rings. The number of aromatic nitrogens is 2. The number of amides is 2. The Kier molecular flexibility index (Phi) is 4.73. The fraction of sp³-hybridized carbons (Fsp3) is 0.294. The van der Waals surface area contributed by atoms with Crippen molar-refractivity contribution in [2.24, 2.45) is 14.1 Å². The van der Waals surface area contributed by atoms with Crippen LogP contribution in [0.5, 0.6) is 5.75 Å². The predicted molar refractivity (Wildman–Crippen MR) is 93.4 cm³/mol. The summed E-state index contributed by atoms with van der Waals surface area (Å²) in [7, 11) is 2.06. The summed E-state index contributed by atoms with van der Waals surface area (Å²) in [6.07, 6.45) is -5.38. The highest BCUT2D eigenvalue weighted by Gasteiger charge is 2.68. The van der Waals surface area contributed by atoms with Gasteiger partial charge in [0, 0.05) is 14.1 Å². The smallest absolute Gasteiger partial charge is 0.425 e. The molecule has 1 aliphatic heterocycles. The number of carbonyl (C=O) groups is 2. The van der Waals surface area contributed by atoms with E-state index in [1.54, 1.807) is 23.5 Å². The quantitative estimate of drug-likeness (QED) is 0.734. The number of nitrogens with zero attached hydrogens (tertiary/aromatic N) is 2. The van der Waals surface area contributed by atoms with Gasteiger partial charge < -0.3 is 15.4 Å². The van der Waals surface area contributed by atoms with E-state index in [4.69, 9.17) is 4.74 Å². The average molecular weight is 412 g/mol. The molecule has 2 aromatic rings. The zero-order valence-corrected chi connectivity index (χ0v) is 15.2. The number of alkyl halides is 3. The molecule has 154 valence electrons. The van der Waals surface area contributed by atoms with E-state index < -0.39 is 52.8 Å². The Balaban J connectivity index is 2.06. The van der Waals surface area contributed by atoms with E-state index in [0.29, 0.717) is 9.13 Å². The summed E-state index contributed by atoms with van der Waals surface area (Å²) in [5.41, 5.74) is -7.05. The van der Waals surface area contributed by atoms with Crippen molar-refractivity contribution in [3.8, 4) is 5.75 Å². The molecular weight excluding hydrogens is 397 g/mol. The number of carbonyl (C=O) groups excluding carboxylic acids is 2. The molecule has 29 heavy (non-hydrogen) atoms. The number of fused-ring (bicyclic) bond motifs is 1. The second-order valence-electron chi connectivity index (χ2n) is 6.28. The maximum atomic E-state index is 14.1. The van der Waals surface area contributed by atoms with Gasteiger partial charge in [0.15, 0.2) is 6.61 Å². The zero-order valence-electron chi connectivity index (χ0n) is 15.2. The lowest BCUT2D eigenvalue weighted by molar-refractivity contribution is -0.201. The van der Waals surface area contributed by atoms with E-state index in [1.807, 2.05) is 5.32 Å². The van der Waals surface area contributed by atoms with Gasteiger partial charge in [-0.05, 0) is 12.1 Å². The monoisotopic (exact) mass is 412 g/mol. The normalized spacial score (nSPS) is 18.2. The summed E-state index contributed by atoms with van der Waals surface area (Å²) < 4.78 is 48.4. The third-order valence-electron chi connectivity index (χ3n) is 4.48. The Morgan fingerprint density at radius 1 is 1.14 bits per heavy atom. The van der Waals surface area contributed by atoms with E-state index in [9.17, 15) is 32.3 Å². The Morgan fingerprint density at radius 3 is 2.34 bits per heavy atom. The first-order valence-electron chi connectivity index (χ1n) is 8.18. The largest absolute Gasteiger partial charge is 0.484 e. The van der Waals surface area contributed by atoms with Gasteiger partial charge in [0.05, 0.1) is 0 Å². The second-order valence-corrected chi connectivity index (χ2v) is 6.28. The lowest BCUT2D eigenvalue weighted by Crippen LogP contribution is -2.63. The van der Waals surface area contributed by atoms with Gasteiger partial charge in [-0.15, -0.1) is 0 Å². The number of para-hydroxylation sites is 1. The molecule has 0 saturated heterocycles. The third-order valence-corrected chi connectivity index (χ3v) is 4.48. The lowest BCUT2D eigenvalue weighted by atomic mass is 9.92. The van der Waals surface area contributed by atoms with Gasteiger partial charge in [0.1, 0.15) is 17.1 Å². The SMILES string of the molecule is Cn1c2c(c(=O)n(C)c1=O)[C@](NC(=O)COc1ccccc1)(C(F)(F)F)C(=O)N2. The van der Waals surface area contributed by atoms with Crippen molar-refractivity contribution in [3.63, 3.8) is 0 Å². The van der Waals surface area contributed by atoms with Crippen LogP contribution in [-0.4, -0.2) is 33.7 Å². The molecule has 0 bridgehead atoms. The maximum Gasteiger partial charge on any atom is 0.425 e. The van der Waals surface area contributed by atoms with E-state index in [1.165, 1.54) is 12.1 Å². The third kappa shape index (κ3) is 3.05. The highest BCUT2D eigenvalue weighted by atomic mass is 19.4. The summed E-state index contributed by atoms with van der Waals surface area (Å²) in [5, 5.41) is 3.48. The van der Waals surface area contributed by atoms with Gasteiger partial charge >= 0.3 is 11.9 Å². The minimum atomic E-state index is -5.38. The van der Waals surface area contributed by atoms with Crippen molar-refractivity contribution >= 4 is 17.6 Å². The summed E-state index contributed by atoms with van der Waals surface area (Å²) >= 11 is 0. The van der Waals surface area contributed by atoms with Crippen LogP contribution in [0, 0.1) is 0 Å².